The van der Waals surface area contributed by atoms with Gasteiger partial charge in [0.05, 0.1) is 12.5 Å². The van der Waals surface area contributed by atoms with Crippen LogP contribution in [0.2, 0.25) is 0 Å². The van der Waals surface area contributed by atoms with E-state index < -0.39 is 11.9 Å². The van der Waals surface area contributed by atoms with Crippen LogP contribution in [-0.4, -0.2) is 29.4 Å². The second-order valence-electron chi connectivity index (χ2n) is 5.28. The van der Waals surface area contributed by atoms with Crippen molar-refractivity contribution in [2.45, 2.75) is 58.7 Å². The summed E-state index contributed by atoms with van der Waals surface area (Å²) in [7, 11) is 0. The van der Waals surface area contributed by atoms with E-state index in [1.165, 1.54) is 0 Å². The van der Waals surface area contributed by atoms with E-state index in [2.05, 4.69) is 10.6 Å². The quantitative estimate of drug-likeness (QED) is 0.627. The van der Waals surface area contributed by atoms with Crippen molar-refractivity contribution in [3.8, 4) is 0 Å². The van der Waals surface area contributed by atoms with Crippen LogP contribution in [0.1, 0.15) is 41.0 Å². The van der Waals surface area contributed by atoms with E-state index in [0.717, 1.165) is 0 Å². The van der Waals surface area contributed by atoms with Crippen molar-refractivity contribution in [2.24, 2.45) is 5.73 Å². The SMILES string of the molecule is CC(C)NC(CC(=O)NC(C)(C)C)C(N)=O. The molecule has 16 heavy (non-hydrogen) atoms. The van der Waals surface area contributed by atoms with Gasteiger partial charge in [-0.3, -0.25) is 9.59 Å². The van der Waals surface area contributed by atoms with Crippen LogP contribution in [0.3, 0.4) is 0 Å². The van der Waals surface area contributed by atoms with Crippen LogP contribution in [-0.2, 0) is 9.59 Å². The summed E-state index contributed by atoms with van der Waals surface area (Å²) in [5.41, 5.74) is 4.92. The zero-order valence-electron chi connectivity index (χ0n) is 10.8. The smallest absolute Gasteiger partial charge is 0.235 e. The summed E-state index contributed by atoms with van der Waals surface area (Å²) in [6, 6.07) is -0.498. The molecule has 0 aliphatic heterocycles. The molecule has 0 fully saturated rings. The summed E-state index contributed by atoms with van der Waals surface area (Å²) in [6.45, 7) is 9.47. The molecule has 0 aliphatic carbocycles. The van der Waals surface area contributed by atoms with E-state index in [1.54, 1.807) is 0 Å². The molecule has 1 atom stereocenters. The minimum Gasteiger partial charge on any atom is -0.368 e. The number of nitrogens with one attached hydrogen (secondary N) is 2. The van der Waals surface area contributed by atoms with Gasteiger partial charge in [-0.15, -0.1) is 0 Å². The maximum Gasteiger partial charge on any atom is 0.235 e. The third-order valence-electron chi connectivity index (χ3n) is 1.78. The van der Waals surface area contributed by atoms with Gasteiger partial charge in [0.15, 0.2) is 0 Å². The van der Waals surface area contributed by atoms with Gasteiger partial charge in [-0.25, -0.2) is 0 Å². The van der Waals surface area contributed by atoms with Gasteiger partial charge in [-0.05, 0) is 20.8 Å². The van der Waals surface area contributed by atoms with Crippen LogP contribution >= 0.6 is 0 Å². The fraction of sp³-hybridized carbons (Fsp3) is 0.818. The van der Waals surface area contributed by atoms with Crippen molar-refractivity contribution < 1.29 is 9.59 Å². The summed E-state index contributed by atoms with van der Waals surface area (Å²) in [4.78, 5) is 22.7. The Morgan fingerprint density at radius 1 is 1.25 bits per heavy atom. The largest absolute Gasteiger partial charge is 0.368 e. The summed E-state index contributed by atoms with van der Waals surface area (Å²) in [5, 5.41) is 5.75. The van der Waals surface area contributed by atoms with Crippen molar-refractivity contribution in [1.29, 1.82) is 0 Å². The topological polar surface area (TPSA) is 84.2 Å². The molecule has 0 radical (unpaired) electrons. The molecular weight excluding hydrogens is 206 g/mol. The first kappa shape index (κ1) is 14.9. The molecule has 5 nitrogen and oxygen atoms in total. The van der Waals surface area contributed by atoms with Gasteiger partial charge in [0.1, 0.15) is 0 Å². The monoisotopic (exact) mass is 229 g/mol. The number of hydrogen-bond donors (Lipinski definition) is 3. The third-order valence-corrected chi connectivity index (χ3v) is 1.78. The molecule has 4 N–H and O–H groups in total. The summed E-state index contributed by atoms with van der Waals surface area (Å²) >= 11 is 0. The van der Waals surface area contributed by atoms with Crippen LogP contribution in [0.15, 0.2) is 0 Å². The average molecular weight is 229 g/mol. The number of carbonyl (C=O) groups is 2. The fourth-order valence-corrected chi connectivity index (χ4v) is 1.30. The minimum absolute atomic E-state index is 0.0742. The molecule has 0 saturated heterocycles. The van der Waals surface area contributed by atoms with Crippen LogP contribution in [0, 0.1) is 0 Å². The standard InChI is InChI=1S/C11H23N3O2/c1-7(2)13-8(10(12)16)6-9(15)14-11(3,4)5/h7-8,13H,6H2,1-5H3,(H2,12,16)(H,14,15). The van der Waals surface area contributed by atoms with Crippen LogP contribution in [0.25, 0.3) is 0 Å². The van der Waals surface area contributed by atoms with Crippen molar-refractivity contribution >= 4 is 11.8 Å². The highest BCUT2D eigenvalue weighted by Gasteiger charge is 2.22. The van der Waals surface area contributed by atoms with Gasteiger partial charge >= 0.3 is 0 Å². The lowest BCUT2D eigenvalue weighted by Gasteiger charge is -2.23. The molecule has 0 heterocycles. The molecule has 94 valence electrons. The molecule has 0 aromatic rings. The molecule has 0 aromatic heterocycles. The highest BCUT2D eigenvalue weighted by Crippen LogP contribution is 2.01. The highest BCUT2D eigenvalue weighted by atomic mass is 16.2. The Labute approximate surface area is 97.2 Å². The van der Waals surface area contributed by atoms with Gasteiger partial charge in [-0.2, -0.15) is 0 Å². The number of amides is 2. The summed E-state index contributed by atoms with van der Waals surface area (Å²) in [5.74, 6) is -0.679. The Kier molecular flexibility index (Phi) is 5.44. The van der Waals surface area contributed by atoms with Gasteiger partial charge in [0, 0.05) is 11.6 Å². The number of rotatable bonds is 5. The number of carbonyl (C=O) groups excluding carboxylic acids is 2. The van der Waals surface area contributed by atoms with E-state index in [4.69, 9.17) is 5.73 Å². The molecule has 5 heteroatoms. The predicted molar refractivity (Wildman–Crippen MR) is 63.8 cm³/mol. The highest BCUT2D eigenvalue weighted by molar-refractivity contribution is 5.87. The minimum atomic E-state index is -0.609. The van der Waals surface area contributed by atoms with Crippen molar-refractivity contribution in [1.82, 2.24) is 10.6 Å². The zero-order chi connectivity index (χ0) is 12.9. The molecule has 0 spiro atoms. The maximum absolute atomic E-state index is 11.6. The lowest BCUT2D eigenvalue weighted by molar-refractivity contribution is -0.127. The van der Waals surface area contributed by atoms with Gasteiger partial charge in [0.25, 0.3) is 0 Å². The molecule has 0 aromatic carbocycles. The van der Waals surface area contributed by atoms with Crippen LogP contribution < -0.4 is 16.4 Å². The summed E-state index contributed by atoms with van der Waals surface area (Å²) in [6.07, 6.45) is 0.0742. The molecule has 1 unspecified atom stereocenters. The second-order valence-corrected chi connectivity index (χ2v) is 5.28. The lowest BCUT2D eigenvalue weighted by Crippen LogP contribution is -2.49. The first-order valence-corrected chi connectivity index (χ1v) is 5.48. The van der Waals surface area contributed by atoms with Crippen LogP contribution in [0.4, 0.5) is 0 Å². The van der Waals surface area contributed by atoms with Gasteiger partial charge < -0.3 is 16.4 Å². The lowest BCUT2D eigenvalue weighted by atomic mass is 10.1. The van der Waals surface area contributed by atoms with E-state index in [1.807, 2.05) is 34.6 Å². The fourth-order valence-electron chi connectivity index (χ4n) is 1.30. The third kappa shape index (κ3) is 7.23. The first-order valence-electron chi connectivity index (χ1n) is 5.48. The Bertz CT molecular complexity index is 256. The average Bonchev–Trinajstić information content (AvgIpc) is 1.97. The Morgan fingerprint density at radius 2 is 1.75 bits per heavy atom. The predicted octanol–water partition coefficient (Wildman–Crippen LogP) is 0.143. The number of hydrogen-bond acceptors (Lipinski definition) is 3. The van der Waals surface area contributed by atoms with Crippen molar-refractivity contribution in [3.05, 3.63) is 0 Å². The van der Waals surface area contributed by atoms with Crippen molar-refractivity contribution in [3.63, 3.8) is 0 Å². The van der Waals surface area contributed by atoms with Gasteiger partial charge in [-0.1, -0.05) is 13.8 Å². The molecule has 0 saturated carbocycles. The molecule has 0 rings (SSSR count). The Balaban J connectivity index is 4.30. The molecule has 2 amide bonds. The normalized spacial score (nSPS) is 13.6. The molecule has 0 aliphatic rings. The van der Waals surface area contributed by atoms with E-state index in [9.17, 15) is 9.59 Å². The maximum atomic E-state index is 11.6. The number of primary amides is 1. The van der Waals surface area contributed by atoms with Gasteiger partial charge in [0.2, 0.25) is 11.8 Å². The van der Waals surface area contributed by atoms with E-state index >= 15 is 0 Å². The van der Waals surface area contributed by atoms with Crippen LogP contribution in [0.5, 0.6) is 0 Å². The Morgan fingerprint density at radius 3 is 2.06 bits per heavy atom. The Hall–Kier alpha value is -1.10. The van der Waals surface area contributed by atoms with E-state index in [0.29, 0.717) is 0 Å². The molecule has 0 bridgehead atoms. The first-order chi connectivity index (χ1) is 7.11. The van der Waals surface area contributed by atoms with E-state index in [-0.39, 0.29) is 23.9 Å². The molecular formula is C11H23N3O2. The zero-order valence-corrected chi connectivity index (χ0v) is 10.8. The second kappa shape index (κ2) is 5.84. The summed E-state index contributed by atoms with van der Waals surface area (Å²) < 4.78 is 0. The number of nitrogens with two attached hydrogens (primary N) is 1. The van der Waals surface area contributed by atoms with Crippen molar-refractivity contribution in [2.75, 3.05) is 0 Å².